The first kappa shape index (κ1) is 23.2. The van der Waals surface area contributed by atoms with Crippen molar-refractivity contribution in [1.29, 1.82) is 0 Å². The molecule has 152 valence electrons. The number of hydrogen-bond donors (Lipinski definition) is 0. The van der Waals surface area contributed by atoms with E-state index in [9.17, 15) is 9.59 Å². The Labute approximate surface area is 166 Å². The minimum atomic E-state index is -0.238. The predicted octanol–water partition coefficient (Wildman–Crippen LogP) is 4.59. The van der Waals surface area contributed by atoms with Gasteiger partial charge >= 0.3 is 0 Å². The third-order valence-electron chi connectivity index (χ3n) is 5.19. The van der Waals surface area contributed by atoms with Crippen molar-refractivity contribution in [2.75, 3.05) is 28.2 Å². The average molecular weight is 375 g/mol. The molecule has 0 aromatic heterocycles. The summed E-state index contributed by atoms with van der Waals surface area (Å²) in [6.45, 7) is 6.46. The lowest BCUT2D eigenvalue weighted by molar-refractivity contribution is -0.143. The summed E-state index contributed by atoms with van der Waals surface area (Å²) in [5.74, 6) is -0.354. The van der Waals surface area contributed by atoms with Crippen LogP contribution >= 0.6 is 0 Å². The van der Waals surface area contributed by atoms with Gasteiger partial charge in [-0.2, -0.15) is 0 Å². The fourth-order valence-electron chi connectivity index (χ4n) is 3.56. The lowest BCUT2D eigenvalue weighted by Gasteiger charge is -2.33. The van der Waals surface area contributed by atoms with Crippen LogP contribution in [0, 0.1) is 11.8 Å². The molecule has 1 aliphatic carbocycles. The number of carbonyl (C=O) groups is 2. The van der Waals surface area contributed by atoms with Gasteiger partial charge in [0.1, 0.15) is 0 Å². The normalized spacial score (nSPS) is 20.0. The van der Waals surface area contributed by atoms with Gasteiger partial charge in [0.2, 0.25) is 11.8 Å². The molecule has 0 aromatic rings. The highest BCUT2D eigenvalue weighted by molar-refractivity contribution is 5.88. The first-order valence-electron chi connectivity index (χ1n) is 10.0. The maximum absolute atomic E-state index is 12.6. The Kier molecular flexibility index (Phi) is 9.54. The second kappa shape index (κ2) is 11.1. The Bertz CT molecular complexity index is 608. The smallest absolute Gasteiger partial charge is 0.226 e. The summed E-state index contributed by atoms with van der Waals surface area (Å²) in [5.41, 5.74) is 4.10. The number of rotatable bonds is 8. The molecule has 2 unspecified atom stereocenters. The maximum Gasteiger partial charge on any atom is 0.226 e. The Morgan fingerprint density at radius 1 is 0.963 bits per heavy atom. The lowest BCUT2D eigenvalue weighted by atomic mass is 9.77. The molecular formula is C23H38N2O2. The van der Waals surface area contributed by atoms with Crippen molar-refractivity contribution < 1.29 is 9.59 Å². The quantitative estimate of drug-likeness (QED) is 0.583. The Morgan fingerprint density at radius 2 is 1.56 bits per heavy atom. The zero-order valence-electron chi connectivity index (χ0n) is 18.3. The molecule has 0 aromatic carbocycles. The minimum absolute atomic E-state index is 0.0560. The van der Waals surface area contributed by atoms with Crippen molar-refractivity contribution in [3.8, 4) is 0 Å². The third kappa shape index (κ3) is 7.74. The number of carbonyl (C=O) groups excluding carboxylic acids is 2. The van der Waals surface area contributed by atoms with Crippen molar-refractivity contribution in [2.24, 2.45) is 11.8 Å². The number of allylic oxidation sites excluding steroid dienone is 6. The summed E-state index contributed by atoms with van der Waals surface area (Å²) >= 11 is 0. The van der Waals surface area contributed by atoms with Gasteiger partial charge in [0.25, 0.3) is 0 Å². The van der Waals surface area contributed by atoms with Gasteiger partial charge in [-0.05, 0) is 59.3 Å². The molecule has 4 heteroatoms. The van der Waals surface area contributed by atoms with E-state index < -0.39 is 0 Å². The van der Waals surface area contributed by atoms with Gasteiger partial charge in [0.15, 0.2) is 0 Å². The molecular weight excluding hydrogens is 336 g/mol. The number of hydrogen-bond acceptors (Lipinski definition) is 2. The Balaban J connectivity index is 2.71. The molecule has 0 saturated carbocycles. The first-order valence-corrected chi connectivity index (χ1v) is 10.0. The average Bonchev–Trinajstić information content (AvgIpc) is 2.59. The number of amides is 2. The molecule has 0 radical (unpaired) electrons. The highest BCUT2D eigenvalue weighted by Gasteiger charge is 2.37. The van der Waals surface area contributed by atoms with Crippen LogP contribution in [-0.4, -0.2) is 49.8 Å². The molecule has 0 spiro atoms. The molecule has 0 aliphatic heterocycles. The van der Waals surface area contributed by atoms with Gasteiger partial charge in [-0.15, -0.1) is 0 Å². The molecule has 2 atom stereocenters. The van der Waals surface area contributed by atoms with Crippen molar-refractivity contribution >= 4 is 11.8 Å². The summed E-state index contributed by atoms with van der Waals surface area (Å²) in [6.07, 6.45) is 12.3. The molecule has 0 N–H and O–H groups in total. The first-order chi connectivity index (χ1) is 12.6. The van der Waals surface area contributed by atoms with Crippen LogP contribution in [0.1, 0.15) is 59.3 Å². The molecule has 1 rings (SSSR count). The summed E-state index contributed by atoms with van der Waals surface area (Å²) in [7, 11) is 7.08. The van der Waals surface area contributed by atoms with Crippen LogP contribution in [0.15, 0.2) is 34.9 Å². The highest BCUT2D eigenvalue weighted by Crippen LogP contribution is 2.34. The van der Waals surface area contributed by atoms with Crippen molar-refractivity contribution in [3.63, 3.8) is 0 Å². The third-order valence-corrected chi connectivity index (χ3v) is 5.19. The van der Waals surface area contributed by atoms with Gasteiger partial charge in [0.05, 0.1) is 11.8 Å². The van der Waals surface area contributed by atoms with Gasteiger partial charge < -0.3 is 9.80 Å². The molecule has 0 heterocycles. The SMILES string of the molecule is CC(C)=CCC/C(C)=C/CCC1=CCC(C(=O)N(C)C)C(C(=O)N(C)C)C1. The topological polar surface area (TPSA) is 40.6 Å². The second-order valence-corrected chi connectivity index (χ2v) is 8.39. The van der Waals surface area contributed by atoms with E-state index >= 15 is 0 Å². The molecule has 0 bridgehead atoms. The monoisotopic (exact) mass is 374 g/mol. The summed E-state index contributed by atoms with van der Waals surface area (Å²) in [5, 5.41) is 0. The fraction of sp³-hybridized carbons (Fsp3) is 0.652. The predicted molar refractivity (Wildman–Crippen MR) is 113 cm³/mol. The molecule has 1 aliphatic rings. The van der Waals surface area contributed by atoms with Crippen LogP contribution in [0.3, 0.4) is 0 Å². The molecule has 27 heavy (non-hydrogen) atoms. The summed E-state index contributed by atoms with van der Waals surface area (Å²) in [6, 6.07) is 0. The van der Waals surface area contributed by atoms with E-state index in [4.69, 9.17) is 0 Å². The van der Waals surface area contributed by atoms with Crippen molar-refractivity contribution in [1.82, 2.24) is 9.80 Å². The van der Waals surface area contributed by atoms with E-state index in [1.165, 1.54) is 16.7 Å². The van der Waals surface area contributed by atoms with Crippen LogP contribution < -0.4 is 0 Å². The van der Waals surface area contributed by atoms with E-state index in [0.29, 0.717) is 12.8 Å². The van der Waals surface area contributed by atoms with Crippen molar-refractivity contribution in [3.05, 3.63) is 34.9 Å². The molecule has 4 nitrogen and oxygen atoms in total. The van der Waals surface area contributed by atoms with Gasteiger partial charge in [-0.3, -0.25) is 9.59 Å². The fourth-order valence-corrected chi connectivity index (χ4v) is 3.56. The Hall–Kier alpha value is -1.84. The number of nitrogens with zero attached hydrogens (tertiary/aromatic N) is 2. The Morgan fingerprint density at radius 3 is 2.11 bits per heavy atom. The van der Waals surface area contributed by atoms with E-state index in [2.05, 4.69) is 39.0 Å². The van der Waals surface area contributed by atoms with Gasteiger partial charge in [-0.1, -0.05) is 34.9 Å². The summed E-state index contributed by atoms with van der Waals surface area (Å²) in [4.78, 5) is 28.4. The van der Waals surface area contributed by atoms with Gasteiger partial charge in [-0.25, -0.2) is 0 Å². The van der Waals surface area contributed by atoms with E-state index in [1.807, 2.05) is 0 Å². The lowest BCUT2D eigenvalue weighted by Crippen LogP contribution is -2.42. The largest absolute Gasteiger partial charge is 0.349 e. The molecule has 0 fully saturated rings. The van der Waals surface area contributed by atoms with Gasteiger partial charge in [0, 0.05) is 28.2 Å². The van der Waals surface area contributed by atoms with E-state index in [-0.39, 0.29) is 23.7 Å². The van der Waals surface area contributed by atoms with Crippen LogP contribution in [0.25, 0.3) is 0 Å². The van der Waals surface area contributed by atoms with E-state index in [1.54, 1.807) is 38.0 Å². The summed E-state index contributed by atoms with van der Waals surface area (Å²) < 4.78 is 0. The molecule has 0 saturated heterocycles. The highest BCUT2D eigenvalue weighted by atomic mass is 16.2. The maximum atomic E-state index is 12.6. The zero-order valence-corrected chi connectivity index (χ0v) is 18.3. The van der Waals surface area contributed by atoms with Crippen LogP contribution in [0.2, 0.25) is 0 Å². The standard InChI is InChI=1S/C23H38N2O2/c1-17(2)10-8-11-18(3)12-9-13-19-14-15-20(22(26)24(4)5)21(16-19)23(27)25(6)7/h10,12,14,20-21H,8-9,11,13,15-16H2,1-7H3/b18-12+. The minimum Gasteiger partial charge on any atom is -0.349 e. The van der Waals surface area contributed by atoms with Crippen LogP contribution in [0.4, 0.5) is 0 Å². The van der Waals surface area contributed by atoms with E-state index in [0.717, 1.165) is 25.7 Å². The zero-order chi connectivity index (χ0) is 20.6. The van der Waals surface area contributed by atoms with Crippen molar-refractivity contribution in [2.45, 2.75) is 59.3 Å². The molecule has 2 amide bonds. The second-order valence-electron chi connectivity index (χ2n) is 8.39. The van der Waals surface area contributed by atoms with Crippen LogP contribution in [-0.2, 0) is 9.59 Å². The van der Waals surface area contributed by atoms with Crippen LogP contribution in [0.5, 0.6) is 0 Å².